The molecule has 2 aromatic heterocycles. The minimum absolute atomic E-state index is 0.0513. The number of rotatable bonds is 10. The van der Waals surface area contributed by atoms with Gasteiger partial charge in [0.2, 0.25) is 11.8 Å². The molecule has 0 radical (unpaired) electrons. The molecule has 0 aliphatic carbocycles. The van der Waals surface area contributed by atoms with E-state index in [0.29, 0.717) is 29.4 Å². The molecule has 0 aliphatic heterocycles. The highest BCUT2D eigenvalue weighted by Gasteiger charge is 2.19. The zero-order valence-corrected chi connectivity index (χ0v) is 19.7. The number of sulfonamides is 1. The Kier molecular flexibility index (Phi) is 7.25. The van der Waals surface area contributed by atoms with Crippen molar-refractivity contribution in [2.24, 2.45) is 0 Å². The van der Waals surface area contributed by atoms with Crippen molar-refractivity contribution in [1.29, 1.82) is 0 Å². The van der Waals surface area contributed by atoms with Gasteiger partial charge in [-0.3, -0.25) is 9.52 Å². The SMILES string of the molecule is CCCN(Cc1nnc(-c2ccco2)o1)C(=O)Cc1ccc(NS(=O)(=O)c2ccc(F)cc2)cc1. The molecule has 0 saturated carbocycles. The maximum Gasteiger partial charge on any atom is 0.283 e. The highest BCUT2D eigenvalue weighted by molar-refractivity contribution is 7.92. The molecular formula is C24H23FN4O5S. The summed E-state index contributed by atoms with van der Waals surface area (Å²) in [6, 6.07) is 14.4. The second kappa shape index (κ2) is 10.5. The number of hydrogen-bond donors (Lipinski definition) is 1. The summed E-state index contributed by atoms with van der Waals surface area (Å²) in [6.45, 7) is 2.63. The van der Waals surface area contributed by atoms with E-state index in [9.17, 15) is 17.6 Å². The lowest BCUT2D eigenvalue weighted by Gasteiger charge is -2.20. The fourth-order valence-corrected chi connectivity index (χ4v) is 4.41. The molecule has 2 aromatic carbocycles. The van der Waals surface area contributed by atoms with E-state index in [2.05, 4.69) is 14.9 Å². The summed E-state index contributed by atoms with van der Waals surface area (Å²) in [5.41, 5.74) is 1.04. The molecule has 0 unspecified atom stereocenters. The second-order valence-electron chi connectivity index (χ2n) is 7.73. The van der Waals surface area contributed by atoms with Crippen LogP contribution in [0.1, 0.15) is 24.8 Å². The first-order valence-corrected chi connectivity index (χ1v) is 12.3. The van der Waals surface area contributed by atoms with Crippen molar-refractivity contribution in [2.75, 3.05) is 11.3 Å². The smallest absolute Gasteiger partial charge is 0.283 e. The van der Waals surface area contributed by atoms with Crippen LogP contribution in [0, 0.1) is 5.82 Å². The number of carbonyl (C=O) groups excluding carboxylic acids is 1. The van der Waals surface area contributed by atoms with Gasteiger partial charge < -0.3 is 13.7 Å². The van der Waals surface area contributed by atoms with E-state index in [1.165, 1.54) is 18.4 Å². The van der Waals surface area contributed by atoms with Gasteiger partial charge >= 0.3 is 0 Å². The van der Waals surface area contributed by atoms with Gasteiger partial charge in [-0.15, -0.1) is 10.2 Å². The van der Waals surface area contributed by atoms with Gasteiger partial charge in [-0.05, 0) is 60.5 Å². The monoisotopic (exact) mass is 498 g/mol. The van der Waals surface area contributed by atoms with Gasteiger partial charge in [-0.1, -0.05) is 19.1 Å². The Morgan fingerprint density at radius 1 is 1.06 bits per heavy atom. The van der Waals surface area contributed by atoms with Crippen molar-refractivity contribution in [3.8, 4) is 11.7 Å². The van der Waals surface area contributed by atoms with Crippen molar-refractivity contribution < 1.29 is 26.4 Å². The van der Waals surface area contributed by atoms with E-state index >= 15 is 0 Å². The predicted molar refractivity (Wildman–Crippen MR) is 125 cm³/mol. The Labute approximate surface area is 201 Å². The molecule has 9 nitrogen and oxygen atoms in total. The van der Waals surface area contributed by atoms with Gasteiger partial charge in [0.15, 0.2) is 5.76 Å². The Morgan fingerprint density at radius 2 is 1.80 bits per heavy atom. The Balaban J connectivity index is 1.39. The first-order chi connectivity index (χ1) is 16.8. The van der Waals surface area contributed by atoms with Crippen LogP contribution in [-0.2, 0) is 27.8 Å². The molecule has 182 valence electrons. The minimum atomic E-state index is -3.86. The molecule has 11 heteroatoms. The number of nitrogens with zero attached hydrogens (tertiary/aromatic N) is 3. The van der Waals surface area contributed by atoms with E-state index in [0.717, 1.165) is 18.6 Å². The number of carbonyl (C=O) groups is 1. The van der Waals surface area contributed by atoms with Crippen LogP contribution < -0.4 is 4.72 Å². The number of nitrogens with one attached hydrogen (secondary N) is 1. The Bertz CT molecular complexity index is 1370. The third-order valence-electron chi connectivity index (χ3n) is 5.06. The van der Waals surface area contributed by atoms with Gasteiger partial charge in [-0.2, -0.15) is 0 Å². The third kappa shape index (κ3) is 6.12. The average molecular weight is 499 g/mol. The molecule has 4 aromatic rings. The molecule has 35 heavy (non-hydrogen) atoms. The number of furan rings is 1. The van der Waals surface area contributed by atoms with Crippen molar-refractivity contribution in [3.63, 3.8) is 0 Å². The normalized spacial score (nSPS) is 11.4. The van der Waals surface area contributed by atoms with E-state index < -0.39 is 15.8 Å². The Morgan fingerprint density at radius 3 is 2.46 bits per heavy atom. The van der Waals surface area contributed by atoms with Gasteiger partial charge in [0.05, 0.1) is 24.1 Å². The zero-order chi connectivity index (χ0) is 24.8. The second-order valence-corrected chi connectivity index (χ2v) is 9.41. The number of benzene rings is 2. The highest BCUT2D eigenvalue weighted by atomic mass is 32.2. The molecule has 0 atom stereocenters. The van der Waals surface area contributed by atoms with Crippen molar-refractivity contribution >= 4 is 21.6 Å². The first-order valence-electron chi connectivity index (χ1n) is 10.9. The molecule has 4 rings (SSSR count). The standard InChI is InChI=1S/C24H23FN4O5S/c1-2-13-29(16-22-26-27-24(34-22)21-4-3-14-33-21)23(30)15-17-5-9-19(10-6-17)28-35(31,32)20-11-7-18(25)8-12-20/h3-12,14,28H,2,13,15-16H2,1H3. The van der Waals surface area contributed by atoms with E-state index in [1.807, 2.05) is 6.92 Å². The quantitative estimate of drug-likeness (QED) is 0.347. The summed E-state index contributed by atoms with van der Waals surface area (Å²) >= 11 is 0. The summed E-state index contributed by atoms with van der Waals surface area (Å²) in [6.07, 6.45) is 2.37. The number of hydrogen-bond acceptors (Lipinski definition) is 7. The van der Waals surface area contributed by atoms with Gasteiger partial charge in [-0.25, -0.2) is 12.8 Å². The van der Waals surface area contributed by atoms with Crippen molar-refractivity contribution in [3.05, 3.63) is 84.2 Å². The molecule has 1 N–H and O–H groups in total. The number of aromatic nitrogens is 2. The van der Waals surface area contributed by atoms with Crippen molar-refractivity contribution in [1.82, 2.24) is 15.1 Å². The molecule has 0 spiro atoms. The van der Waals surface area contributed by atoms with Gasteiger partial charge in [0.1, 0.15) is 5.82 Å². The molecule has 0 saturated heterocycles. The maximum absolute atomic E-state index is 13.1. The van der Waals surface area contributed by atoms with Crippen LogP contribution in [0.4, 0.5) is 10.1 Å². The third-order valence-corrected chi connectivity index (χ3v) is 6.45. The van der Waals surface area contributed by atoms with E-state index in [4.69, 9.17) is 8.83 Å². The van der Waals surface area contributed by atoms with E-state index in [1.54, 1.807) is 41.3 Å². The van der Waals surface area contributed by atoms with E-state index in [-0.39, 0.29) is 29.7 Å². The maximum atomic E-state index is 13.1. The minimum Gasteiger partial charge on any atom is -0.459 e. The summed E-state index contributed by atoms with van der Waals surface area (Å²) in [5, 5.41) is 7.96. The van der Waals surface area contributed by atoms with Crippen LogP contribution in [0.25, 0.3) is 11.7 Å². The molecule has 1 amide bonds. The van der Waals surface area contributed by atoms with Crippen molar-refractivity contribution in [2.45, 2.75) is 31.2 Å². The lowest BCUT2D eigenvalue weighted by atomic mass is 10.1. The molecule has 0 fully saturated rings. The highest BCUT2D eigenvalue weighted by Crippen LogP contribution is 2.20. The topological polar surface area (TPSA) is 119 Å². The van der Waals surface area contributed by atoms with Crippen LogP contribution in [0.15, 0.2) is 80.7 Å². The lowest BCUT2D eigenvalue weighted by molar-refractivity contribution is -0.131. The Hall–Kier alpha value is -3.99. The zero-order valence-electron chi connectivity index (χ0n) is 18.8. The number of amides is 1. The van der Waals surface area contributed by atoms with Crippen LogP contribution in [0.3, 0.4) is 0 Å². The van der Waals surface area contributed by atoms with Gasteiger partial charge in [0, 0.05) is 12.2 Å². The summed E-state index contributed by atoms with van der Waals surface area (Å²) < 4.78 is 51.3. The molecule has 0 bridgehead atoms. The summed E-state index contributed by atoms with van der Waals surface area (Å²) in [7, 11) is -3.86. The molecule has 2 heterocycles. The summed E-state index contributed by atoms with van der Waals surface area (Å²) in [5.74, 6) is 0.333. The fourth-order valence-electron chi connectivity index (χ4n) is 3.35. The number of anilines is 1. The van der Waals surface area contributed by atoms with Crippen LogP contribution in [0.5, 0.6) is 0 Å². The molecule has 0 aliphatic rings. The average Bonchev–Trinajstić information content (AvgIpc) is 3.52. The van der Waals surface area contributed by atoms with Crippen LogP contribution >= 0.6 is 0 Å². The van der Waals surface area contributed by atoms with Crippen LogP contribution in [-0.4, -0.2) is 36.0 Å². The largest absolute Gasteiger partial charge is 0.459 e. The van der Waals surface area contributed by atoms with Gasteiger partial charge in [0.25, 0.3) is 15.9 Å². The summed E-state index contributed by atoms with van der Waals surface area (Å²) in [4.78, 5) is 14.5. The first kappa shape index (κ1) is 24.1. The lowest BCUT2D eigenvalue weighted by Crippen LogP contribution is -2.32. The van der Waals surface area contributed by atoms with Crippen LogP contribution in [0.2, 0.25) is 0 Å². The number of halogens is 1. The fraction of sp³-hybridized carbons (Fsp3) is 0.208. The predicted octanol–water partition coefficient (Wildman–Crippen LogP) is 4.25. The molecular weight excluding hydrogens is 475 g/mol.